The Balaban J connectivity index is 1.72. The zero-order valence-corrected chi connectivity index (χ0v) is 11.5. The van der Waals surface area contributed by atoms with Crippen LogP contribution >= 0.6 is 11.6 Å². The molecule has 106 valence electrons. The van der Waals surface area contributed by atoms with Crippen LogP contribution in [-0.2, 0) is 6.61 Å². The lowest BCUT2D eigenvalue weighted by atomic mass is 10.2. The third kappa shape index (κ3) is 3.20. The van der Waals surface area contributed by atoms with E-state index in [9.17, 15) is 4.39 Å². The lowest BCUT2D eigenvalue weighted by Crippen LogP contribution is -1.97. The number of ether oxygens (including phenoxy) is 1. The van der Waals surface area contributed by atoms with E-state index in [-0.39, 0.29) is 18.2 Å². The SMILES string of the molecule is Fc1ccccc1OCc1nnc(-c2cccc(Cl)c2)o1. The summed E-state index contributed by atoms with van der Waals surface area (Å²) in [6.45, 7) is -0.00546. The number of benzene rings is 2. The standard InChI is InChI=1S/C15H10ClFN2O2/c16-11-5-3-4-10(8-11)15-19-18-14(21-15)9-20-13-7-2-1-6-12(13)17/h1-8H,9H2. The molecule has 0 aliphatic rings. The molecule has 0 atom stereocenters. The summed E-state index contributed by atoms with van der Waals surface area (Å²) in [5.74, 6) is 0.296. The number of nitrogens with zero attached hydrogens (tertiary/aromatic N) is 2. The second-order valence-corrected chi connectivity index (χ2v) is 4.67. The van der Waals surface area contributed by atoms with Crippen molar-refractivity contribution in [2.75, 3.05) is 0 Å². The lowest BCUT2D eigenvalue weighted by molar-refractivity contribution is 0.253. The van der Waals surface area contributed by atoms with Gasteiger partial charge in [-0.3, -0.25) is 0 Å². The summed E-state index contributed by atoms with van der Waals surface area (Å²) in [5, 5.41) is 8.35. The summed E-state index contributed by atoms with van der Waals surface area (Å²) in [5.41, 5.74) is 0.715. The predicted octanol–water partition coefficient (Wildman–Crippen LogP) is 4.11. The molecule has 1 heterocycles. The van der Waals surface area contributed by atoms with Gasteiger partial charge in [0.05, 0.1) is 0 Å². The molecule has 1 aromatic heterocycles. The Morgan fingerprint density at radius 3 is 2.76 bits per heavy atom. The van der Waals surface area contributed by atoms with Crippen LogP contribution in [0.1, 0.15) is 5.89 Å². The quantitative estimate of drug-likeness (QED) is 0.728. The first kappa shape index (κ1) is 13.6. The number of halogens is 2. The van der Waals surface area contributed by atoms with Crippen LogP contribution in [0.15, 0.2) is 52.9 Å². The third-order valence-corrected chi connectivity index (χ3v) is 2.96. The van der Waals surface area contributed by atoms with Crippen LogP contribution in [-0.4, -0.2) is 10.2 Å². The number of para-hydroxylation sites is 1. The van der Waals surface area contributed by atoms with Crippen molar-refractivity contribution in [1.82, 2.24) is 10.2 Å². The Bertz CT molecular complexity index is 761. The third-order valence-electron chi connectivity index (χ3n) is 2.73. The molecule has 0 saturated heterocycles. The molecule has 2 aromatic carbocycles. The van der Waals surface area contributed by atoms with Gasteiger partial charge in [0.15, 0.2) is 18.2 Å². The van der Waals surface area contributed by atoms with Gasteiger partial charge in [-0.15, -0.1) is 10.2 Å². The second kappa shape index (κ2) is 5.93. The molecule has 0 aliphatic heterocycles. The van der Waals surface area contributed by atoms with Crippen LogP contribution in [0, 0.1) is 5.82 Å². The maximum atomic E-state index is 13.4. The highest BCUT2D eigenvalue weighted by atomic mass is 35.5. The fraction of sp³-hybridized carbons (Fsp3) is 0.0667. The van der Waals surface area contributed by atoms with Gasteiger partial charge in [0, 0.05) is 10.6 Å². The van der Waals surface area contributed by atoms with E-state index in [2.05, 4.69) is 10.2 Å². The van der Waals surface area contributed by atoms with Gasteiger partial charge in [0.2, 0.25) is 5.89 Å². The molecular formula is C15H10ClFN2O2. The highest BCUT2D eigenvalue weighted by molar-refractivity contribution is 6.30. The molecule has 0 amide bonds. The molecule has 0 fully saturated rings. The first-order chi connectivity index (χ1) is 10.2. The zero-order chi connectivity index (χ0) is 14.7. The summed E-state index contributed by atoms with van der Waals surface area (Å²) in [7, 11) is 0. The summed E-state index contributed by atoms with van der Waals surface area (Å²) < 4.78 is 24.2. The molecule has 3 aromatic rings. The van der Waals surface area contributed by atoms with Crippen LogP contribution in [0.4, 0.5) is 4.39 Å². The van der Waals surface area contributed by atoms with E-state index in [4.69, 9.17) is 20.8 Å². The minimum absolute atomic E-state index is 0.00546. The fourth-order valence-electron chi connectivity index (χ4n) is 1.75. The van der Waals surface area contributed by atoms with E-state index in [1.54, 1.807) is 36.4 Å². The van der Waals surface area contributed by atoms with Gasteiger partial charge in [-0.1, -0.05) is 29.8 Å². The Labute approximate surface area is 125 Å². The largest absolute Gasteiger partial charge is 0.481 e. The van der Waals surface area contributed by atoms with E-state index in [0.717, 1.165) is 0 Å². The lowest BCUT2D eigenvalue weighted by Gasteiger charge is -2.03. The van der Waals surface area contributed by atoms with Crippen molar-refractivity contribution in [3.63, 3.8) is 0 Å². The van der Waals surface area contributed by atoms with Crippen molar-refractivity contribution in [2.24, 2.45) is 0 Å². The maximum Gasteiger partial charge on any atom is 0.254 e. The Morgan fingerprint density at radius 2 is 1.95 bits per heavy atom. The Morgan fingerprint density at radius 1 is 1.10 bits per heavy atom. The van der Waals surface area contributed by atoms with Gasteiger partial charge in [-0.05, 0) is 30.3 Å². The Hall–Kier alpha value is -2.40. The Kier molecular flexibility index (Phi) is 3.83. The molecule has 0 N–H and O–H groups in total. The number of hydrogen-bond donors (Lipinski definition) is 0. The zero-order valence-electron chi connectivity index (χ0n) is 10.8. The first-order valence-electron chi connectivity index (χ1n) is 6.18. The van der Waals surface area contributed by atoms with Gasteiger partial charge < -0.3 is 9.15 Å². The van der Waals surface area contributed by atoms with Gasteiger partial charge >= 0.3 is 0 Å². The second-order valence-electron chi connectivity index (χ2n) is 4.23. The van der Waals surface area contributed by atoms with Crippen LogP contribution in [0.2, 0.25) is 5.02 Å². The fourth-order valence-corrected chi connectivity index (χ4v) is 1.94. The maximum absolute atomic E-state index is 13.4. The monoisotopic (exact) mass is 304 g/mol. The van der Waals surface area contributed by atoms with Crippen molar-refractivity contribution in [3.8, 4) is 17.2 Å². The highest BCUT2D eigenvalue weighted by Crippen LogP contribution is 2.22. The van der Waals surface area contributed by atoms with E-state index in [0.29, 0.717) is 16.5 Å². The summed E-state index contributed by atoms with van der Waals surface area (Å²) in [6, 6.07) is 13.2. The normalized spacial score (nSPS) is 10.6. The minimum Gasteiger partial charge on any atom is -0.481 e. The van der Waals surface area contributed by atoms with Gasteiger partial charge in [-0.2, -0.15) is 0 Å². The topological polar surface area (TPSA) is 48.2 Å². The molecular weight excluding hydrogens is 295 g/mol. The van der Waals surface area contributed by atoms with E-state index >= 15 is 0 Å². The molecule has 0 bridgehead atoms. The van der Waals surface area contributed by atoms with Crippen molar-refractivity contribution < 1.29 is 13.5 Å². The molecule has 0 aliphatic carbocycles. The molecule has 0 spiro atoms. The molecule has 4 nitrogen and oxygen atoms in total. The number of rotatable bonds is 4. The summed E-state index contributed by atoms with van der Waals surface area (Å²) in [4.78, 5) is 0. The molecule has 21 heavy (non-hydrogen) atoms. The summed E-state index contributed by atoms with van der Waals surface area (Å²) >= 11 is 5.90. The number of hydrogen-bond acceptors (Lipinski definition) is 4. The van der Waals surface area contributed by atoms with Crippen molar-refractivity contribution >= 4 is 11.6 Å². The average molecular weight is 305 g/mol. The molecule has 0 saturated carbocycles. The van der Waals surface area contributed by atoms with Crippen LogP contribution in [0.3, 0.4) is 0 Å². The van der Waals surface area contributed by atoms with E-state index in [1.165, 1.54) is 12.1 Å². The highest BCUT2D eigenvalue weighted by Gasteiger charge is 2.10. The van der Waals surface area contributed by atoms with Gasteiger partial charge in [-0.25, -0.2) is 4.39 Å². The van der Waals surface area contributed by atoms with E-state index in [1.807, 2.05) is 0 Å². The van der Waals surface area contributed by atoms with Crippen molar-refractivity contribution in [3.05, 3.63) is 65.3 Å². The van der Waals surface area contributed by atoms with Crippen molar-refractivity contribution in [1.29, 1.82) is 0 Å². The predicted molar refractivity (Wildman–Crippen MR) is 75.5 cm³/mol. The van der Waals surface area contributed by atoms with Crippen LogP contribution in [0.5, 0.6) is 5.75 Å². The van der Waals surface area contributed by atoms with Crippen LogP contribution in [0.25, 0.3) is 11.5 Å². The average Bonchev–Trinajstić information content (AvgIpc) is 2.95. The molecule has 6 heteroatoms. The van der Waals surface area contributed by atoms with Crippen molar-refractivity contribution in [2.45, 2.75) is 6.61 Å². The van der Waals surface area contributed by atoms with Crippen LogP contribution < -0.4 is 4.74 Å². The first-order valence-corrected chi connectivity index (χ1v) is 6.56. The molecule has 0 radical (unpaired) electrons. The molecule has 0 unspecified atom stereocenters. The van der Waals surface area contributed by atoms with Gasteiger partial charge in [0.25, 0.3) is 5.89 Å². The number of aromatic nitrogens is 2. The summed E-state index contributed by atoms with van der Waals surface area (Å²) in [6.07, 6.45) is 0. The van der Waals surface area contributed by atoms with E-state index < -0.39 is 5.82 Å². The molecule has 3 rings (SSSR count). The van der Waals surface area contributed by atoms with Gasteiger partial charge in [0.1, 0.15) is 0 Å². The minimum atomic E-state index is -0.438. The smallest absolute Gasteiger partial charge is 0.254 e.